The third-order valence-electron chi connectivity index (χ3n) is 5.40. The number of methoxy groups -OCH3 is 1. The molecule has 0 bridgehead atoms. The van der Waals surface area contributed by atoms with Crippen LogP contribution in [0.5, 0.6) is 0 Å². The maximum Gasteiger partial charge on any atom is 0.123 e. The van der Waals surface area contributed by atoms with E-state index in [2.05, 4.69) is 42.3 Å². The van der Waals surface area contributed by atoms with Crippen LogP contribution < -0.4 is 0 Å². The standard InChI is InChI=1S/C23H26FN3O/c1-17-5-11-21(12-6-17)27-15-19(14-26-13-3-4-22(16-26)28-2)23(25-27)18-7-9-20(24)10-8-18/h5-12,15,22H,3-4,13-14,16H2,1-2H3/t22-/m1/s1. The number of halogens is 1. The van der Waals surface area contributed by atoms with Crippen LogP contribution in [0.4, 0.5) is 4.39 Å². The van der Waals surface area contributed by atoms with Gasteiger partial charge in [0.1, 0.15) is 5.82 Å². The van der Waals surface area contributed by atoms with Crippen molar-refractivity contribution in [2.24, 2.45) is 0 Å². The number of nitrogens with zero attached hydrogens (tertiary/aromatic N) is 3. The van der Waals surface area contributed by atoms with Crippen molar-refractivity contribution in [3.8, 4) is 16.9 Å². The van der Waals surface area contributed by atoms with E-state index in [1.165, 1.54) is 17.7 Å². The molecule has 1 aliphatic heterocycles. The molecule has 0 unspecified atom stereocenters. The van der Waals surface area contributed by atoms with Gasteiger partial charge in [0.25, 0.3) is 0 Å². The first-order chi connectivity index (χ1) is 13.6. The highest BCUT2D eigenvalue weighted by atomic mass is 19.1. The van der Waals surface area contributed by atoms with Crippen molar-refractivity contribution < 1.29 is 9.13 Å². The van der Waals surface area contributed by atoms with Crippen molar-refractivity contribution in [2.75, 3.05) is 20.2 Å². The summed E-state index contributed by atoms with van der Waals surface area (Å²) < 4.78 is 20.9. The first-order valence-corrected chi connectivity index (χ1v) is 9.79. The molecule has 5 heteroatoms. The van der Waals surface area contributed by atoms with Gasteiger partial charge in [-0.2, -0.15) is 5.10 Å². The van der Waals surface area contributed by atoms with E-state index in [9.17, 15) is 4.39 Å². The Morgan fingerprint density at radius 1 is 1.11 bits per heavy atom. The minimum Gasteiger partial charge on any atom is -0.380 e. The summed E-state index contributed by atoms with van der Waals surface area (Å²) in [5, 5.41) is 4.85. The number of hydrogen-bond acceptors (Lipinski definition) is 3. The molecular weight excluding hydrogens is 353 g/mol. The van der Waals surface area contributed by atoms with Crippen LogP contribution in [0, 0.1) is 12.7 Å². The minimum absolute atomic E-state index is 0.234. The van der Waals surface area contributed by atoms with E-state index in [1.54, 1.807) is 19.2 Å². The number of hydrogen-bond donors (Lipinski definition) is 0. The molecule has 0 amide bonds. The van der Waals surface area contributed by atoms with Crippen molar-refractivity contribution in [1.29, 1.82) is 0 Å². The number of likely N-dealkylation sites (tertiary alicyclic amines) is 1. The Morgan fingerprint density at radius 2 is 1.86 bits per heavy atom. The Hall–Kier alpha value is -2.50. The summed E-state index contributed by atoms with van der Waals surface area (Å²) in [6, 6.07) is 14.9. The average Bonchev–Trinajstić information content (AvgIpc) is 3.13. The summed E-state index contributed by atoms with van der Waals surface area (Å²) in [5.41, 5.74) is 5.22. The zero-order valence-corrected chi connectivity index (χ0v) is 16.4. The summed E-state index contributed by atoms with van der Waals surface area (Å²) >= 11 is 0. The Morgan fingerprint density at radius 3 is 2.57 bits per heavy atom. The number of rotatable bonds is 5. The first-order valence-electron chi connectivity index (χ1n) is 9.79. The number of benzene rings is 2. The topological polar surface area (TPSA) is 30.3 Å². The molecule has 1 saturated heterocycles. The van der Waals surface area contributed by atoms with Crippen LogP contribution in [0.15, 0.2) is 54.7 Å². The van der Waals surface area contributed by atoms with Gasteiger partial charge in [0.2, 0.25) is 0 Å². The second-order valence-electron chi connectivity index (χ2n) is 7.53. The van der Waals surface area contributed by atoms with Gasteiger partial charge >= 0.3 is 0 Å². The van der Waals surface area contributed by atoms with Gasteiger partial charge in [-0.15, -0.1) is 0 Å². The fraction of sp³-hybridized carbons (Fsp3) is 0.348. The summed E-state index contributed by atoms with van der Waals surface area (Å²) in [6.07, 6.45) is 4.63. The second-order valence-corrected chi connectivity index (χ2v) is 7.53. The zero-order chi connectivity index (χ0) is 19.5. The Kier molecular flexibility index (Phi) is 5.55. The molecule has 146 valence electrons. The first kappa shape index (κ1) is 18.8. The van der Waals surface area contributed by atoms with Gasteiger partial charge < -0.3 is 4.74 Å². The SMILES string of the molecule is CO[C@@H]1CCCN(Cc2cn(-c3ccc(C)cc3)nc2-c2ccc(F)cc2)C1. The van der Waals surface area contributed by atoms with Gasteiger partial charge in [-0.3, -0.25) is 4.90 Å². The third-order valence-corrected chi connectivity index (χ3v) is 5.40. The highest BCUT2D eigenvalue weighted by molar-refractivity contribution is 5.63. The van der Waals surface area contributed by atoms with Crippen LogP contribution >= 0.6 is 0 Å². The minimum atomic E-state index is -0.234. The highest BCUT2D eigenvalue weighted by Gasteiger charge is 2.22. The third kappa shape index (κ3) is 4.16. The van der Waals surface area contributed by atoms with Gasteiger partial charge in [0.15, 0.2) is 0 Å². The van der Waals surface area contributed by atoms with Crippen LogP contribution in [0.2, 0.25) is 0 Å². The smallest absolute Gasteiger partial charge is 0.123 e. The van der Waals surface area contributed by atoms with Crippen molar-refractivity contribution in [3.63, 3.8) is 0 Å². The summed E-state index contributed by atoms with van der Waals surface area (Å²) in [4.78, 5) is 2.42. The molecule has 1 fully saturated rings. The molecular formula is C23H26FN3O. The molecule has 1 aliphatic rings. The predicted octanol–water partition coefficient (Wildman–Crippen LogP) is 4.60. The van der Waals surface area contributed by atoms with Crippen molar-refractivity contribution in [2.45, 2.75) is 32.4 Å². The number of aromatic nitrogens is 2. The lowest BCUT2D eigenvalue weighted by atomic mass is 10.0. The van der Waals surface area contributed by atoms with Gasteiger partial charge in [0.05, 0.1) is 17.5 Å². The van der Waals surface area contributed by atoms with Crippen molar-refractivity contribution >= 4 is 0 Å². The fourth-order valence-corrected chi connectivity index (χ4v) is 3.80. The van der Waals surface area contributed by atoms with Crippen LogP contribution in [-0.4, -0.2) is 41.0 Å². The van der Waals surface area contributed by atoms with Crippen LogP contribution in [0.25, 0.3) is 16.9 Å². The molecule has 2 heterocycles. The molecule has 0 radical (unpaired) electrons. The quantitative estimate of drug-likeness (QED) is 0.649. The second kappa shape index (κ2) is 8.25. The Labute approximate surface area is 165 Å². The largest absolute Gasteiger partial charge is 0.380 e. The summed E-state index contributed by atoms with van der Waals surface area (Å²) in [5.74, 6) is -0.234. The average molecular weight is 379 g/mol. The summed E-state index contributed by atoms with van der Waals surface area (Å²) in [6.45, 7) is 4.86. The van der Waals surface area contributed by atoms with E-state index >= 15 is 0 Å². The van der Waals surface area contributed by atoms with Gasteiger partial charge in [-0.25, -0.2) is 9.07 Å². The van der Waals surface area contributed by atoms with E-state index in [0.29, 0.717) is 0 Å². The molecule has 0 spiro atoms. The molecule has 1 atom stereocenters. The van der Waals surface area contributed by atoms with E-state index in [4.69, 9.17) is 9.84 Å². The molecule has 28 heavy (non-hydrogen) atoms. The predicted molar refractivity (Wildman–Crippen MR) is 109 cm³/mol. The number of aryl methyl sites for hydroxylation is 1. The van der Waals surface area contributed by atoms with Gasteiger partial charge in [0, 0.05) is 37.5 Å². The molecule has 0 N–H and O–H groups in total. The Bertz CT molecular complexity index is 918. The number of ether oxygens (including phenoxy) is 1. The fourth-order valence-electron chi connectivity index (χ4n) is 3.80. The number of piperidine rings is 1. The lowest BCUT2D eigenvalue weighted by Gasteiger charge is -2.31. The molecule has 4 nitrogen and oxygen atoms in total. The van der Waals surface area contributed by atoms with Gasteiger partial charge in [-0.1, -0.05) is 17.7 Å². The molecule has 2 aromatic carbocycles. The van der Waals surface area contributed by atoms with Gasteiger partial charge in [-0.05, 0) is 62.7 Å². The molecule has 3 aromatic rings. The summed E-state index contributed by atoms with van der Waals surface area (Å²) in [7, 11) is 1.79. The molecule has 0 saturated carbocycles. The van der Waals surface area contributed by atoms with Crippen molar-refractivity contribution in [3.05, 3.63) is 71.7 Å². The normalized spacial score (nSPS) is 17.8. The van der Waals surface area contributed by atoms with E-state index in [-0.39, 0.29) is 11.9 Å². The molecule has 4 rings (SSSR count). The maximum atomic E-state index is 13.4. The maximum absolute atomic E-state index is 13.4. The van der Waals surface area contributed by atoms with E-state index < -0.39 is 0 Å². The lowest BCUT2D eigenvalue weighted by Crippen LogP contribution is -2.38. The van der Waals surface area contributed by atoms with Crippen LogP contribution in [-0.2, 0) is 11.3 Å². The Balaban J connectivity index is 1.68. The van der Waals surface area contributed by atoms with E-state index in [0.717, 1.165) is 55.0 Å². The zero-order valence-electron chi connectivity index (χ0n) is 16.4. The van der Waals surface area contributed by atoms with Crippen molar-refractivity contribution in [1.82, 2.24) is 14.7 Å². The highest BCUT2D eigenvalue weighted by Crippen LogP contribution is 2.26. The van der Waals surface area contributed by atoms with Crippen LogP contribution in [0.1, 0.15) is 24.0 Å². The van der Waals surface area contributed by atoms with Crippen LogP contribution in [0.3, 0.4) is 0 Å². The molecule has 1 aromatic heterocycles. The van der Waals surface area contributed by atoms with E-state index in [1.807, 2.05) is 4.68 Å². The monoisotopic (exact) mass is 379 g/mol. The lowest BCUT2D eigenvalue weighted by molar-refractivity contribution is 0.0286. The molecule has 0 aliphatic carbocycles.